The van der Waals surface area contributed by atoms with Crippen LogP contribution in [0.3, 0.4) is 0 Å². The molecule has 0 aliphatic rings. The van der Waals surface area contributed by atoms with Crippen molar-refractivity contribution in [2.24, 2.45) is 0 Å². The SMILES string of the molecule is Cc1ccc(OC(C)C(=O)OCC(=O)N(C)Cc2c(F)cccc2Cl)cc1. The van der Waals surface area contributed by atoms with E-state index < -0.39 is 30.4 Å². The van der Waals surface area contributed by atoms with Crippen molar-refractivity contribution in [3.8, 4) is 5.75 Å². The number of carbonyl (C=O) groups is 2. The largest absolute Gasteiger partial charge is 0.479 e. The monoisotopic (exact) mass is 393 g/mol. The van der Waals surface area contributed by atoms with Crippen LogP contribution in [0.2, 0.25) is 5.02 Å². The van der Waals surface area contributed by atoms with Gasteiger partial charge in [-0.2, -0.15) is 0 Å². The van der Waals surface area contributed by atoms with Gasteiger partial charge in [-0.3, -0.25) is 4.79 Å². The molecule has 0 radical (unpaired) electrons. The van der Waals surface area contributed by atoms with Crippen LogP contribution in [0.25, 0.3) is 0 Å². The summed E-state index contributed by atoms with van der Waals surface area (Å²) in [6.07, 6.45) is -0.869. The second kappa shape index (κ2) is 9.37. The van der Waals surface area contributed by atoms with E-state index in [9.17, 15) is 14.0 Å². The Morgan fingerprint density at radius 2 is 1.85 bits per heavy atom. The Morgan fingerprint density at radius 3 is 2.48 bits per heavy atom. The molecule has 2 rings (SSSR count). The van der Waals surface area contributed by atoms with Crippen molar-refractivity contribution >= 4 is 23.5 Å². The van der Waals surface area contributed by atoms with E-state index in [4.69, 9.17) is 21.1 Å². The van der Waals surface area contributed by atoms with Crippen molar-refractivity contribution in [2.45, 2.75) is 26.5 Å². The van der Waals surface area contributed by atoms with Gasteiger partial charge in [-0.1, -0.05) is 35.4 Å². The fourth-order valence-corrected chi connectivity index (χ4v) is 2.46. The van der Waals surface area contributed by atoms with Crippen molar-refractivity contribution in [1.82, 2.24) is 4.90 Å². The third kappa shape index (κ3) is 5.96. The Morgan fingerprint density at radius 1 is 1.19 bits per heavy atom. The number of hydrogen-bond donors (Lipinski definition) is 0. The van der Waals surface area contributed by atoms with Crippen molar-refractivity contribution in [2.75, 3.05) is 13.7 Å². The lowest BCUT2D eigenvalue weighted by molar-refractivity contribution is -0.157. The lowest BCUT2D eigenvalue weighted by Gasteiger charge is -2.19. The van der Waals surface area contributed by atoms with Crippen LogP contribution in [0.5, 0.6) is 5.75 Å². The number of esters is 1. The minimum absolute atomic E-state index is 0.0304. The molecule has 2 aromatic rings. The molecular formula is C20H21ClFNO4. The first-order valence-electron chi connectivity index (χ1n) is 8.34. The van der Waals surface area contributed by atoms with E-state index >= 15 is 0 Å². The van der Waals surface area contributed by atoms with Crippen LogP contribution in [0.4, 0.5) is 4.39 Å². The summed E-state index contributed by atoms with van der Waals surface area (Å²) < 4.78 is 24.3. The number of amides is 1. The van der Waals surface area contributed by atoms with Gasteiger partial charge in [-0.05, 0) is 38.1 Å². The molecule has 0 saturated carbocycles. The van der Waals surface area contributed by atoms with E-state index in [0.717, 1.165) is 5.56 Å². The molecule has 0 saturated heterocycles. The number of nitrogens with zero attached hydrogens (tertiary/aromatic N) is 1. The van der Waals surface area contributed by atoms with Gasteiger partial charge in [0.15, 0.2) is 12.7 Å². The summed E-state index contributed by atoms with van der Waals surface area (Å²) in [4.78, 5) is 25.4. The molecule has 0 heterocycles. The first-order chi connectivity index (χ1) is 12.8. The van der Waals surface area contributed by atoms with Crippen molar-refractivity contribution in [3.63, 3.8) is 0 Å². The number of ether oxygens (including phenoxy) is 2. The van der Waals surface area contributed by atoms with Gasteiger partial charge in [-0.15, -0.1) is 0 Å². The standard InChI is InChI=1S/C20H21ClFNO4/c1-13-7-9-15(10-8-13)27-14(2)20(25)26-12-19(24)23(3)11-16-17(21)5-4-6-18(16)22/h4-10,14H,11-12H2,1-3H3. The van der Waals surface area contributed by atoms with Crippen molar-refractivity contribution in [1.29, 1.82) is 0 Å². The van der Waals surface area contributed by atoms with Gasteiger partial charge in [0.05, 0.1) is 0 Å². The first kappa shape index (κ1) is 20.7. The Balaban J connectivity index is 1.84. The number of benzene rings is 2. The Hall–Kier alpha value is -2.60. The summed E-state index contributed by atoms with van der Waals surface area (Å²) in [5.41, 5.74) is 1.28. The second-order valence-electron chi connectivity index (χ2n) is 6.13. The van der Waals surface area contributed by atoms with Gasteiger partial charge in [-0.25, -0.2) is 9.18 Å². The Labute approximate surface area is 162 Å². The minimum Gasteiger partial charge on any atom is -0.479 e. The van der Waals surface area contributed by atoms with Crippen LogP contribution in [0.15, 0.2) is 42.5 Å². The summed E-state index contributed by atoms with van der Waals surface area (Å²) >= 11 is 5.95. The van der Waals surface area contributed by atoms with Crippen molar-refractivity contribution in [3.05, 3.63) is 64.4 Å². The number of rotatable bonds is 7. The maximum atomic E-state index is 13.8. The normalized spacial score (nSPS) is 11.6. The second-order valence-corrected chi connectivity index (χ2v) is 6.54. The van der Waals surface area contributed by atoms with Gasteiger partial charge in [0, 0.05) is 24.2 Å². The van der Waals surface area contributed by atoms with Crippen LogP contribution in [0.1, 0.15) is 18.1 Å². The summed E-state index contributed by atoms with van der Waals surface area (Å²) in [5, 5.41) is 0.228. The Bertz CT molecular complexity index is 790. The molecule has 27 heavy (non-hydrogen) atoms. The molecule has 0 aliphatic heterocycles. The molecule has 0 spiro atoms. The maximum Gasteiger partial charge on any atom is 0.347 e. The third-order valence-electron chi connectivity index (χ3n) is 3.89. The van der Waals surface area contributed by atoms with E-state index in [1.807, 2.05) is 19.1 Å². The van der Waals surface area contributed by atoms with Gasteiger partial charge < -0.3 is 14.4 Å². The smallest absolute Gasteiger partial charge is 0.347 e. The zero-order chi connectivity index (χ0) is 20.0. The van der Waals surface area contributed by atoms with E-state index in [2.05, 4.69) is 0 Å². The van der Waals surface area contributed by atoms with Gasteiger partial charge in [0.1, 0.15) is 11.6 Å². The molecule has 1 amide bonds. The summed E-state index contributed by atoms with van der Waals surface area (Å²) in [7, 11) is 1.48. The average Bonchev–Trinajstić information content (AvgIpc) is 2.64. The highest BCUT2D eigenvalue weighted by Crippen LogP contribution is 2.20. The molecule has 1 atom stereocenters. The van der Waals surface area contributed by atoms with Crippen LogP contribution < -0.4 is 4.74 Å². The summed E-state index contributed by atoms with van der Waals surface area (Å²) in [6, 6.07) is 11.5. The fraction of sp³-hybridized carbons (Fsp3) is 0.300. The zero-order valence-electron chi connectivity index (χ0n) is 15.4. The van der Waals surface area contributed by atoms with Gasteiger partial charge in [0.2, 0.25) is 0 Å². The summed E-state index contributed by atoms with van der Waals surface area (Å²) in [5.74, 6) is -1.12. The fourth-order valence-electron chi connectivity index (χ4n) is 2.24. The molecule has 1 unspecified atom stereocenters. The van der Waals surface area contributed by atoms with E-state index in [1.165, 1.54) is 31.0 Å². The molecule has 0 N–H and O–H groups in total. The predicted molar refractivity (Wildman–Crippen MR) is 100 cm³/mol. The molecule has 2 aromatic carbocycles. The van der Waals surface area contributed by atoms with E-state index in [0.29, 0.717) is 5.75 Å². The highest BCUT2D eigenvalue weighted by molar-refractivity contribution is 6.31. The quantitative estimate of drug-likeness (QED) is 0.672. The summed E-state index contributed by atoms with van der Waals surface area (Å²) in [6.45, 7) is 2.98. The molecule has 5 nitrogen and oxygen atoms in total. The number of likely N-dealkylation sites (N-methyl/N-ethyl adjacent to an activating group) is 1. The third-order valence-corrected chi connectivity index (χ3v) is 4.24. The molecule has 0 aliphatic carbocycles. The number of aryl methyl sites for hydroxylation is 1. The number of carbonyl (C=O) groups excluding carboxylic acids is 2. The highest BCUT2D eigenvalue weighted by atomic mass is 35.5. The first-order valence-corrected chi connectivity index (χ1v) is 8.72. The van der Waals surface area contributed by atoms with Crippen LogP contribution >= 0.6 is 11.6 Å². The highest BCUT2D eigenvalue weighted by Gasteiger charge is 2.20. The molecule has 0 aromatic heterocycles. The van der Waals surface area contributed by atoms with Gasteiger partial charge >= 0.3 is 5.97 Å². The predicted octanol–water partition coefficient (Wildman–Crippen LogP) is 3.76. The maximum absolute atomic E-state index is 13.8. The number of hydrogen-bond acceptors (Lipinski definition) is 4. The zero-order valence-corrected chi connectivity index (χ0v) is 16.1. The lowest BCUT2D eigenvalue weighted by atomic mass is 10.2. The van der Waals surface area contributed by atoms with Crippen molar-refractivity contribution < 1.29 is 23.5 Å². The molecule has 144 valence electrons. The minimum atomic E-state index is -0.869. The Kier molecular flexibility index (Phi) is 7.19. The molecular weight excluding hydrogens is 373 g/mol. The van der Waals surface area contributed by atoms with Crippen LogP contribution in [-0.2, 0) is 20.9 Å². The average molecular weight is 394 g/mol. The van der Waals surface area contributed by atoms with Crippen LogP contribution in [0, 0.1) is 12.7 Å². The molecule has 7 heteroatoms. The van der Waals surface area contributed by atoms with Crippen LogP contribution in [-0.4, -0.2) is 36.5 Å². The van der Waals surface area contributed by atoms with E-state index in [-0.39, 0.29) is 17.1 Å². The topological polar surface area (TPSA) is 55.8 Å². The molecule has 0 bridgehead atoms. The lowest BCUT2D eigenvalue weighted by Crippen LogP contribution is -2.34. The van der Waals surface area contributed by atoms with Gasteiger partial charge in [0.25, 0.3) is 5.91 Å². The molecule has 0 fully saturated rings. The van der Waals surface area contributed by atoms with E-state index in [1.54, 1.807) is 18.2 Å². The number of halogens is 2.